The van der Waals surface area contributed by atoms with Crippen molar-refractivity contribution < 1.29 is 19.1 Å². The van der Waals surface area contributed by atoms with Crippen LogP contribution in [0.5, 0.6) is 0 Å². The van der Waals surface area contributed by atoms with Crippen LogP contribution in [0.3, 0.4) is 0 Å². The summed E-state index contributed by atoms with van der Waals surface area (Å²) in [6, 6.07) is 5.54. The van der Waals surface area contributed by atoms with E-state index in [0.717, 1.165) is 37.2 Å². The normalized spacial score (nSPS) is 15.8. The molecule has 154 valence electrons. The van der Waals surface area contributed by atoms with E-state index in [2.05, 4.69) is 15.4 Å². The summed E-state index contributed by atoms with van der Waals surface area (Å²) in [7, 11) is 3.03. The second-order valence-corrected chi connectivity index (χ2v) is 7.28. The van der Waals surface area contributed by atoms with Gasteiger partial charge in [0, 0.05) is 26.7 Å². The first-order chi connectivity index (χ1) is 13.3. The number of nitrogens with zero attached hydrogens (tertiary/aromatic N) is 1. The van der Waals surface area contributed by atoms with Gasteiger partial charge in [-0.1, -0.05) is 6.07 Å². The Kier molecular flexibility index (Phi) is 7.39. The lowest BCUT2D eigenvalue weighted by atomic mass is 9.80. The molecule has 1 amide bonds. The second kappa shape index (κ2) is 9.54. The summed E-state index contributed by atoms with van der Waals surface area (Å²) >= 11 is 0. The van der Waals surface area contributed by atoms with E-state index in [0.29, 0.717) is 5.69 Å². The van der Waals surface area contributed by atoms with Crippen LogP contribution in [0.1, 0.15) is 31.7 Å². The highest BCUT2D eigenvalue weighted by Crippen LogP contribution is 2.31. The Hall–Kier alpha value is -2.61. The van der Waals surface area contributed by atoms with Gasteiger partial charge in [0.05, 0.1) is 30.4 Å². The van der Waals surface area contributed by atoms with Crippen LogP contribution in [0.4, 0.5) is 11.4 Å². The van der Waals surface area contributed by atoms with Crippen LogP contribution in [-0.4, -0.2) is 62.9 Å². The number of anilines is 2. The van der Waals surface area contributed by atoms with Crippen molar-refractivity contribution in [2.24, 2.45) is 0 Å². The average molecular weight is 390 g/mol. The Balaban J connectivity index is 2.19. The third-order valence-corrected chi connectivity index (χ3v) is 5.19. The predicted octanol–water partition coefficient (Wildman–Crippen LogP) is 0.912. The van der Waals surface area contributed by atoms with Crippen LogP contribution in [0.2, 0.25) is 0 Å². The van der Waals surface area contributed by atoms with E-state index in [1.807, 2.05) is 24.0 Å². The molecule has 0 radical (unpaired) electrons. The largest absolute Gasteiger partial charge is 0.469 e. The van der Waals surface area contributed by atoms with Crippen LogP contribution < -0.4 is 16.4 Å². The van der Waals surface area contributed by atoms with Gasteiger partial charge in [0.1, 0.15) is 6.42 Å². The molecule has 1 unspecified atom stereocenters. The van der Waals surface area contributed by atoms with Crippen LogP contribution in [0, 0.1) is 0 Å². The Morgan fingerprint density at radius 3 is 2.50 bits per heavy atom. The minimum absolute atomic E-state index is 0.00882. The smallest absolute Gasteiger partial charge is 0.313 e. The van der Waals surface area contributed by atoms with Crippen molar-refractivity contribution in [3.05, 3.63) is 23.8 Å². The first kappa shape index (κ1) is 21.7. The first-order valence-electron chi connectivity index (χ1n) is 9.48. The summed E-state index contributed by atoms with van der Waals surface area (Å²) in [6.45, 7) is 3.58. The third kappa shape index (κ3) is 5.01. The lowest BCUT2D eigenvalue weighted by Crippen LogP contribution is -2.50. The van der Waals surface area contributed by atoms with Crippen molar-refractivity contribution in [1.29, 1.82) is 0 Å². The maximum Gasteiger partial charge on any atom is 0.313 e. The van der Waals surface area contributed by atoms with Gasteiger partial charge >= 0.3 is 5.97 Å². The standard InChI is InChI=1S/C20H30N4O4/c1-20(19(27)24-8-4-5-9-24,13-23-12-15(25)11-18(26)28-3)14-6-7-17(22-2)16(21)10-14/h6-7,10,22-23H,4-5,8-9,11-13,21H2,1-3H3. The molecule has 28 heavy (non-hydrogen) atoms. The number of rotatable bonds is 9. The van der Waals surface area contributed by atoms with Crippen LogP contribution in [0.15, 0.2) is 18.2 Å². The molecular weight excluding hydrogens is 360 g/mol. The number of amides is 1. The molecule has 2 rings (SSSR count). The van der Waals surface area contributed by atoms with E-state index >= 15 is 0 Å². The van der Waals surface area contributed by atoms with Crippen molar-refractivity contribution in [2.75, 3.05) is 51.4 Å². The van der Waals surface area contributed by atoms with Gasteiger partial charge in [-0.15, -0.1) is 0 Å². The van der Waals surface area contributed by atoms with Crippen molar-refractivity contribution in [3.8, 4) is 0 Å². The molecule has 8 nitrogen and oxygen atoms in total. The number of nitrogen functional groups attached to an aromatic ring is 1. The molecule has 0 saturated carbocycles. The monoisotopic (exact) mass is 390 g/mol. The summed E-state index contributed by atoms with van der Waals surface area (Å²) < 4.78 is 4.51. The molecule has 1 fully saturated rings. The van der Waals surface area contributed by atoms with E-state index in [9.17, 15) is 14.4 Å². The summed E-state index contributed by atoms with van der Waals surface area (Å²) in [5.41, 5.74) is 7.37. The molecule has 1 aromatic rings. The lowest BCUT2D eigenvalue weighted by molar-refractivity contribution is -0.143. The molecular formula is C20H30N4O4. The van der Waals surface area contributed by atoms with Gasteiger partial charge in [0.25, 0.3) is 0 Å². The number of nitrogens with one attached hydrogen (secondary N) is 2. The van der Waals surface area contributed by atoms with E-state index in [-0.39, 0.29) is 31.2 Å². The summed E-state index contributed by atoms with van der Waals surface area (Å²) in [5.74, 6) is -0.847. The quantitative estimate of drug-likeness (QED) is 0.326. The molecule has 0 bridgehead atoms. The van der Waals surface area contributed by atoms with Crippen molar-refractivity contribution in [3.63, 3.8) is 0 Å². The Morgan fingerprint density at radius 1 is 1.25 bits per heavy atom. The van der Waals surface area contributed by atoms with Crippen LogP contribution in [-0.2, 0) is 24.5 Å². The number of carbonyl (C=O) groups is 3. The number of hydrogen-bond donors (Lipinski definition) is 3. The van der Waals surface area contributed by atoms with E-state index in [1.165, 1.54) is 7.11 Å². The SMILES string of the molecule is CNc1ccc(C(C)(CNCC(=O)CC(=O)OC)C(=O)N2CCCC2)cc1N. The molecule has 8 heteroatoms. The van der Waals surface area contributed by atoms with Crippen molar-refractivity contribution in [2.45, 2.75) is 31.6 Å². The Labute approximate surface area is 165 Å². The van der Waals surface area contributed by atoms with Gasteiger partial charge in [-0.3, -0.25) is 14.4 Å². The molecule has 0 aromatic heterocycles. The zero-order valence-electron chi connectivity index (χ0n) is 16.8. The highest BCUT2D eigenvalue weighted by atomic mass is 16.5. The number of hydrogen-bond acceptors (Lipinski definition) is 7. The van der Waals surface area contributed by atoms with E-state index < -0.39 is 11.4 Å². The Morgan fingerprint density at radius 2 is 1.93 bits per heavy atom. The minimum atomic E-state index is -0.879. The molecule has 0 aliphatic carbocycles. The second-order valence-electron chi connectivity index (χ2n) is 7.28. The molecule has 1 aliphatic heterocycles. The summed E-state index contributed by atoms with van der Waals surface area (Å²) in [4.78, 5) is 38.3. The van der Waals surface area contributed by atoms with E-state index in [4.69, 9.17) is 5.73 Å². The number of ether oxygens (including phenoxy) is 1. The van der Waals surface area contributed by atoms with Crippen LogP contribution in [0.25, 0.3) is 0 Å². The fourth-order valence-corrected chi connectivity index (χ4v) is 3.45. The average Bonchev–Trinajstić information content (AvgIpc) is 3.21. The maximum atomic E-state index is 13.3. The van der Waals surface area contributed by atoms with Crippen molar-refractivity contribution in [1.82, 2.24) is 10.2 Å². The maximum absolute atomic E-state index is 13.3. The van der Waals surface area contributed by atoms with Gasteiger partial charge in [-0.05, 0) is 37.5 Å². The zero-order chi connectivity index (χ0) is 20.7. The summed E-state index contributed by atoms with van der Waals surface area (Å²) in [6.07, 6.45) is 1.70. The number of esters is 1. The first-order valence-corrected chi connectivity index (χ1v) is 9.48. The van der Waals surface area contributed by atoms with Gasteiger partial charge in [0.15, 0.2) is 5.78 Å². The highest BCUT2D eigenvalue weighted by molar-refractivity contribution is 5.96. The van der Waals surface area contributed by atoms with Crippen LogP contribution >= 0.6 is 0 Å². The number of ketones is 1. The number of benzene rings is 1. The lowest BCUT2D eigenvalue weighted by Gasteiger charge is -2.33. The van der Waals surface area contributed by atoms with Gasteiger partial charge < -0.3 is 26.0 Å². The molecule has 1 heterocycles. The fourth-order valence-electron chi connectivity index (χ4n) is 3.45. The highest BCUT2D eigenvalue weighted by Gasteiger charge is 2.39. The number of carbonyl (C=O) groups excluding carboxylic acids is 3. The zero-order valence-corrected chi connectivity index (χ0v) is 16.8. The number of likely N-dealkylation sites (tertiary alicyclic amines) is 1. The molecule has 0 spiro atoms. The van der Waals surface area contributed by atoms with Crippen molar-refractivity contribution >= 4 is 29.0 Å². The van der Waals surface area contributed by atoms with Gasteiger partial charge in [-0.25, -0.2) is 0 Å². The number of nitrogens with two attached hydrogens (primary N) is 1. The molecule has 1 saturated heterocycles. The van der Waals surface area contributed by atoms with Gasteiger partial charge in [0.2, 0.25) is 5.91 Å². The molecule has 1 atom stereocenters. The molecule has 4 N–H and O–H groups in total. The topological polar surface area (TPSA) is 114 Å². The number of Topliss-reactive ketones (excluding diaryl/α,β-unsaturated/α-hetero) is 1. The predicted molar refractivity (Wildman–Crippen MR) is 108 cm³/mol. The Bertz CT molecular complexity index is 731. The van der Waals surface area contributed by atoms with E-state index in [1.54, 1.807) is 13.1 Å². The molecule has 1 aromatic carbocycles. The number of methoxy groups -OCH3 is 1. The van der Waals surface area contributed by atoms with Gasteiger partial charge in [-0.2, -0.15) is 0 Å². The minimum Gasteiger partial charge on any atom is -0.469 e. The summed E-state index contributed by atoms with van der Waals surface area (Å²) in [5, 5.41) is 6.06. The molecule has 1 aliphatic rings. The third-order valence-electron chi connectivity index (χ3n) is 5.19. The fraction of sp³-hybridized carbons (Fsp3) is 0.550.